The summed E-state index contributed by atoms with van der Waals surface area (Å²) < 4.78 is 0.925. The second kappa shape index (κ2) is 4.13. The lowest BCUT2D eigenvalue weighted by atomic mass is 10.3. The number of hydrogen-bond donors (Lipinski definition) is 1. The first-order chi connectivity index (χ1) is 8.22. The number of aromatic amines is 1. The number of halogens is 2. The standard InChI is InChI=1S/C12H7BrClN3/c13-8-3-7(5-15-6-8)12-16-10-2-1-9(14)4-11(10)17-12/h1-6H,(H,16,17). The summed E-state index contributed by atoms with van der Waals surface area (Å²) in [6.07, 6.45) is 3.51. The van der Waals surface area contributed by atoms with Crippen LogP contribution in [-0.2, 0) is 0 Å². The summed E-state index contributed by atoms with van der Waals surface area (Å²) >= 11 is 9.32. The highest BCUT2D eigenvalue weighted by Crippen LogP contribution is 2.23. The fourth-order valence-corrected chi connectivity index (χ4v) is 2.20. The smallest absolute Gasteiger partial charge is 0.140 e. The van der Waals surface area contributed by atoms with E-state index in [2.05, 4.69) is 30.9 Å². The number of rotatable bonds is 1. The van der Waals surface area contributed by atoms with Crippen LogP contribution < -0.4 is 0 Å². The molecule has 0 aliphatic rings. The normalized spacial score (nSPS) is 10.9. The number of nitrogens with one attached hydrogen (secondary N) is 1. The van der Waals surface area contributed by atoms with Crippen LogP contribution in [0.5, 0.6) is 0 Å². The summed E-state index contributed by atoms with van der Waals surface area (Å²) in [7, 11) is 0. The van der Waals surface area contributed by atoms with Crippen molar-refractivity contribution in [3.8, 4) is 11.4 Å². The largest absolute Gasteiger partial charge is 0.338 e. The van der Waals surface area contributed by atoms with Gasteiger partial charge >= 0.3 is 0 Å². The van der Waals surface area contributed by atoms with Crippen molar-refractivity contribution in [1.82, 2.24) is 15.0 Å². The Kier molecular flexibility index (Phi) is 2.61. The van der Waals surface area contributed by atoms with Gasteiger partial charge in [-0.3, -0.25) is 4.98 Å². The maximum Gasteiger partial charge on any atom is 0.140 e. The van der Waals surface area contributed by atoms with Gasteiger partial charge in [0.15, 0.2) is 0 Å². The zero-order valence-corrected chi connectivity index (χ0v) is 11.0. The average Bonchev–Trinajstić information content (AvgIpc) is 2.72. The third kappa shape index (κ3) is 2.06. The molecule has 3 nitrogen and oxygen atoms in total. The van der Waals surface area contributed by atoms with Gasteiger partial charge in [0, 0.05) is 27.5 Å². The summed E-state index contributed by atoms with van der Waals surface area (Å²) in [6.45, 7) is 0. The minimum absolute atomic E-state index is 0.695. The van der Waals surface area contributed by atoms with Gasteiger partial charge in [0.2, 0.25) is 0 Å². The fourth-order valence-electron chi connectivity index (χ4n) is 1.66. The van der Waals surface area contributed by atoms with E-state index in [1.807, 2.05) is 24.3 Å². The van der Waals surface area contributed by atoms with Crippen LogP contribution in [0, 0.1) is 0 Å². The van der Waals surface area contributed by atoms with Gasteiger partial charge in [-0.15, -0.1) is 0 Å². The van der Waals surface area contributed by atoms with Crippen molar-refractivity contribution in [2.45, 2.75) is 0 Å². The lowest BCUT2D eigenvalue weighted by Crippen LogP contribution is -1.82. The van der Waals surface area contributed by atoms with Crippen LogP contribution >= 0.6 is 27.5 Å². The number of fused-ring (bicyclic) bond motifs is 1. The van der Waals surface area contributed by atoms with E-state index < -0.39 is 0 Å². The van der Waals surface area contributed by atoms with Crippen molar-refractivity contribution in [2.24, 2.45) is 0 Å². The molecule has 1 N–H and O–H groups in total. The molecule has 3 rings (SSSR count). The number of aromatic nitrogens is 3. The van der Waals surface area contributed by atoms with Crippen molar-refractivity contribution in [1.29, 1.82) is 0 Å². The Morgan fingerprint density at radius 3 is 2.88 bits per heavy atom. The molecule has 0 radical (unpaired) electrons. The predicted molar refractivity (Wildman–Crippen MR) is 72.0 cm³/mol. The zero-order chi connectivity index (χ0) is 11.8. The molecule has 0 aliphatic carbocycles. The molecule has 1 aromatic carbocycles. The first-order valence-corrected chi connectivity index (χ1v) is 6.16. The van der Waals surface area contributed by atoms with Crippen LogP contribution in [0.4, 0.5) is 0 Å². The average molecular weight is 309 g/mol. The Morgan fingerprint density at radius 2 is 2.06 bits per heavy atom. The minimum Gasteiger partial charge on any atom is -0.338 e. The summed E-state index contributed by atoms with van der Waals surface area (Å²) in [6, 6.07) is 7.54. The van der Waals surface area contributed by atoms with E-state index in [1.165, 1.54) is 0 Å². The van der Waals surface area contributed by atoms with Crippen LogP contribution in [-0.4, -0.2) is 15.0 Å². The molecule has 0 saturated carbocycles. The molecule has 0 unspecified atom stereocenters. The second-order valence-corrected chi connectivity index (χ2v) is 4.99. The molecule has 2 heterocycles. The van der Waals surface area contributed by atoms with Gasteiger partial charge in [-0.25, -0.2) is 4.98 Å². The quantitative estimate of drug-likeness (QED) is 0.737. The minimum atomic E-state index is 0.695. The first-order valence-electron chi connectivity index (χ1n) is 4.98. The van der Waals surface area contributed by atoms with Gasteiger partial charge in [0.05, 0.1) is 11.0 Å². The molecule has 3 aromatic rings. The number of hydrogen-bond acceptors (Lipinski definition) is 2. The molecule has 0 aliphatic heterocycles. The van der Waals surface area contributed by atoms with E-state index >= 15 is 0 Å². The molecule has 84 valence electrons. The highest BCUT2D eigenvalue weighted by Gasteiger charge is 2.06. The Bertz CT molecular complexity index is 693. The van der Waals surface area contributed by atoms with E-state index in [0.29, 0.717) is 5.02 Å². The van der Waals surface area contributed by atoms with Crippen LogP contribution in [0.1, 0.15) is 0 Å². The van der Waals surface area contributed by atoms with Gasteiger partial charge in [-0.2, -0.15) is 0 Å². The maximum atomic E-state index is 5.93. The Morgan fingerprint density at radius 1 is 1.18 bits per heavy atom. The SMILES string of the molecule is Clc1ccc2nc(-c3cncc(Br)c3)[nH]c2c1. The van der Waals surface area contributed by atoms with E-state index in [0.717, 1.165) is 26.9 Å². The van der Waals surface area contributed by atoms with Gasteiger partial charge in [0.1, 0.15) is 5.82 Å². The molecule has 0 fully saturated rings. The van der Waals surface area contributed by atoms with Gasteiger partial charge < -0.3 is 4.98 Å². The number of benzene rings is 1. The monoisotopic (exact) mass is 307 g/mol. The highest BCUT2D eigenvalue weighted by molar-refractivity contribution is 9.10. The van der Waals surface area contributed by atoms with Crippen molar-refractivity contribution >= 4 is 38.6 Å². The molecule has 0 atom stereocenters. The van der Waals surface area contributed by atoms with E-state index in [-0.39, 0.29) is 0 Å². The van der Waals surface area contributed by atoms with Crippen LogP contribution in [0.3, 0.4) is 0 Å². The molecule has 17 heavy (non-hydrogen) atoms. The molecular weight excluding hydrogens is 302 g/mol. The van der Waals surface area contributed by atoms with Gasteiger partial charge in [-0.05, 0) is 40.2 Å². The second-order valence-electron chi connectivity index (χ2n) is 3.64. The molecule has 5 heteroatoms. The van der Waals surface area contributed by atoms with Crippen LogP contribution in [0.2, 0.25) is 5.02 Å². The van der Waals surface area contributed by atoms with E-state index in [4.69, 9.17) is 11.6 Å². The molecular formula is C12H7BrClN3. The lowest BCUT2D eigenvalue weighted by molar-refractivity contribution is 1.26. The van der Waals surface area contributed by atoms with E-state index in [1.54, 1.807) is 12.4 Å². The number of imidazole rings is 1. The van der Waals surface area contributed by atoms with Gasteiger partial charge in [0.25, 0.3) is 0 Å². The Labute approximate surface area is 111 Å². The van der Waals surface area contributed by atoms with Gasteiger partial charge in [-0.1, -0.05) is 11.6 Å². The number of nitrogens with zero attached hydrogens (tertiary/aromatic N) is 2. The van der Waals surface area contributed by atoms with Crippen molar-refractivity contribution in [3.05, 3.63) is 46.2 Å². The highest BCUT2D eigenvalue weighted by atomic mass is 79.9. The summed E-state index contributed by atoms with van der Waals surface area (Å²) in [5.41, 5.74) is 2.75. The summed E-state index contributed by atoms with van der Waals surface area (Å²) in [5.74, 6) is 0.788. The third-order valence-corrected chi connectivity index (χ3v) is 3.09. The Balaban J connectivity index is 2.18. The Hall–Kier alpha value is -1.39. The van der Waals surface area contributed by atoms with Crippen molar-refractivity contribution in [2.75, 3.05) is 0 Å². The molecule has 0 bridgehead atoms. The van der Waals surface area contributed by atoms with Crippen molar-refractivity contribution < 1.29 is 0 Å². The summed E-state index contributed by atoms with van der Waals surface area (Å²) in [4.78, 5) is 11.8. The summed E-state index contributed by atoms with van der Waals surface area (Å²) in [5, 5.41) is 0.695. The first kappa shape index (κ1) is 10.7. The number of pyridine rings is 1. The van der Waals surface area contributed by atoms with E-state index in [9.17, 15) is 0 Å². The topological polar surface area (TPSA) is 41.6 Å². The van der Waals surface area contributed by atoms with Crippen molar-refractivity contribution in [3.63, 3.8) is 0 Å². The molecule has 0 saturated heterocycles. The number of H-pyrrole nitrogens is 1. The predicted octanol–water partition coefficient (Wildman–Crippen LogP) is 4.04. The molecule has 0 spiro atoms. The third-order valence-electron chi connectivity index (χ3n) is 2.42. The fraction of sp³-hybridized carbons (Fsp3) is 0. The molecule has 2 aromatic heterocycles. The van der Waals surface area contributed by atoms with Crippen LogP contribution in [0.15, 0.2) is 41.1 Å². The van der Waals surface area contributed by atoms with Crippen LogP contribution in [0.25, 0.3) is 22.4 Å². The maximum absolute atomic E-state index is 5.93. The zero-order valence-electron chi connectivity index (χ0n) is 8.61. The molecule has 0 amide bonds. The lowest BCUT2D eigenvalue weighted by Gasteiger charge is -1.95.